The summed E-state index contributed by atoms with van der Waals surface area (Å²) in [5, 5.41) is 0. The van der Waals surface area contributed by atoms with E-state index in [0.717, 1.165) is 44.7 Å². The first kappa shape index (κ1) is 14.4. The third-order valence-electron chi connectivity index (χ3n) is 1.95. The number of aliphatic imine (C=N–C) groups is 1. The molecule has 15 heavy (non-hydrogen) atoms. The first-order valence-corrected chi connectivity index (χ1v) is 5.66. The van der Waals surface area contributed by atoms with Gasteiger partial charge in [0, 0.05) is 26.7 Å². The average Bonchev–Trinajstić information content (AvgIpc) is 2.22. The molecule has 0 saturated heterocycles. The van der Waals surface area contributed by atoms with Gasteiger partial charge in [-0.1, -0.05) is 6.92 Å². The van der Waals surface area contributed by atoms with E-state index >= 15 is 0 Å². The summed E-state index contributed by atoms with van der Waals surface area (Å²) in [6.07, 6.45) is 4.05. The van der Waals surface area contributed by atoms with E-state index in [2.05, 4.69) is 11.9 Å². The standard InChI is InChI=1S/C11H24N2O2/c1-3-6-11(12)13-7-4-5-8-15-10-9-14-2/h3-10H2,1-2H3,(H2,12,13). The number of unbranched alkanes of at least 4 members (excludes halogenated alkanes) is 1. The Morgan fingerprint density at radius 1 is 1.20 bits per heavy atom. The molecule has 0 heterocycles. The second kappa shape index (κ2) is 11.5. The fraction of sp³-hybridized carbons (Fsp3) is 0.909. The zero-order valence-electron chi connectivity index (χ0n) is 10.00. The van der Waals surface area contributed by atoms with Crippen LogP contribution >= 0.6 is 0 Å². The van der Waals surface area contributed by atoms with Gasteiger partial charge in [0.2, 0.25) is 0 Å². The number of rotatable bonds is 10. The van der Waals surface area contributed by atoms with Crippen LogP contribution in [-0.4, -0.2) is 39.3 Å². The van der Waals surface area contributed by atoms with Gasteiger partial charge < -0.3 is 15.2 Å². The smallest absolute Gasteiger partial charge is 0.0936 e. The minimum Gasteiger partial charge on any atom is -0.387 e. The van der Waals surface area contributed by atoms with E-state index in [1.54, 1.807) is 7.11 Å². The SMILES string of the molecule is CCCC(N)=NCCCCOCCOC. The highest BCUT2D eigenvalue weighted by molar-refractivity contribution is 5.80. The predicted octanol–water partition coefficient (Wildman–Crippen LogP) is 1.59. The molecule has 0 rings (SSSR count). The predicted molar refractivity (Wildman–Crippen MR) is 63.3 cm³/mol. The molecule has 0 radical (unpaired) electrons. The molecule has 0 spiro atoms. The second-order valence-electron chi connectivity index (χ2n) is 3.44. The number of hydrogen-bond donors (Lipinski definition) is 1. The number of amidine groups is 1. The Bertz CT molecular complexity index is 161. The van der Waals surface area contributed by atoms with Crippen LogP contribution in [0.1, 0.15) is 32.6 Å². The Morgan fingerprint density at radius 3 is 2.67 bits per heavy atom. The molecule has 0 atom stereocenters. The molecular formula is C11H24N2O2. The third-order valence-corrected chi connectivity index (χ3v) is 1.95. The van der Waals surface area contributed by atoms with Crippen LogP contribution in [0.25, 0.3) is 0 Å². The zero-order valence-corrected chi connectivity index (χ0v) is 10.00. The lowest BCUT2D eigenvalue weighted by Crippen LogP contribution is -2.11. The molecule has 2 N–H and O–H groups in total. The Kier molecular flexibility index (Phi) is 11.0. The van der Waals surface area contributed by atoms with Crippen LogP contribution in [0.3, 0.4) is 0 Å². The Morgan fingerprint density at radius 2 is 2.00 bits per heavy atom. The molecule has 0 aliphatic carbocycles. The maximum Gasteiger partial charge on any atom is 0.0936 e. The normalized spacial score (nSPS) is 12.0. The molecule has 4 heteroatoms. The van der Waals surface area contributed by atoms with Crippen molar-refractivity contribution < 1.29 is 9.47 Å². The van der Waals surface area contributed by atoms with Crippen LogP contribution in [0.4, 0.5) is 0 Å². The van der Waals surface area contributed by atoms with Crippen molar-refractivity contribution in [2.24, 2.45) is 10.7 Å². The highest BCUT2D eigenvalue weighted by Crippen LogP contribution is 1.93. The molecule has 0 aromatic carbocycles. The monoisotopic (exact) mass is 216 g/mol. The largest absolute Gasteiger partial charge is 0.387 e. The number of nitrogens with two attached hydrogens (primary N) is 1. The van der Waals surface area contributed by atoms with Crippen molar-refractivity contribution in [2.75, 3.05) is 33.5 Å². The number of ether oxygens (including phenoxy) is 2. The van der Waals surface area contributed by atoms with E-state index in [4.69, 9.17) is 15.2 Å². The lowest BCUT2D eigenvalue weighted by Gasteiger charge is -2.02. The Hall–Kier alpha value is -0.610. The van der Waals surface area contributed by atoms with Crippen LogP contribution in [0, 0.1) is 0 Å². The highest BCUT2D eigenvalue weighted by Gasteiger charge is 1.91. The highest BCUT2D eigenvalue weighted by atomic mass is 16.5. The first-order chi connectivity index (χ1) is 7.31. The summed E-state index contributed by atoms with van der Waals surface area (Å²) in [5.74, 6) is 0.776. The second-order valence-corrected chi connectivity index (χ2v) is 3.44. The van der Waals surface area contributed by atoms with E-state index < -0.39 is 0 Å². The van der Waals surface area contributed by atoms with Crippen molar-refractivity contribution in [1.29, 1.82) is 0 Å². The van der Waals surface area contributed by atoms with Crippen molar-refractivity contribution in [1.82, 2.24) is 0 Å². The Balaban J connectivity index is 3.13. The van der Waals surface area contributed by atoms with Gasteiger partial charge in [-0.3, -0.25) is 4.99 Å². The van der Waals surface area contributed by atoms with Gasteiger partial charge in [-0.15, -0.1) is 0 Å². The zero-order chi connectivity index (χ0) is 11.4. The van der Waals surface area contributed by atoms with Crippen molar-refractivity contribution >= 4 is 5.84 Å². The fourth-order valence-corrected chi connectivity index (χ4v) is 1.12. The van der Waals surface area contributed by atoms with E-state index in [1.807, 2.05) is 0 Å². The minimum absolute atomic E-state index is 0.668. The molecule has 90 valence electrons. The van der Waals surface area contributed by atoms with Gasteiger partial charge in [0.25, 0.3) is 0 Å². The van der Waals surface area contributed by atoms with Crippen molar-refractivity contribution in [3.8, 4) is 0 Å². The minimum atomic E-state index is 0.668. The summed E-state index contributed by atoms with van der Waals surface area (Å²) in [7, 11) is 1.68. The van der Waals surface area contributed by atoms with Gasteiger partial charge in [-0.2, -0.15) is 0 Å². The van der Waals surface area contributed by atoms with Crippen molar-refractivity contribution in [3.63, 3.8) is 0 Å². The summed E-state index contributed by atoms with van der Waals surface area (Å²) in [6, 6.07) is 0. The lowest BCUT2D eigenvalue weighted by atomic mass is 10.3. The third kappa shape index (κ3) is 11.3. The van der Waals surface area contributed by atoms with Gasteiger partial charge in [0.05, 0.1) is 19.0 Å². The summed E-state index contributed by atoms with van der Waals surface area (Å²) < 4.78 is 10.2. The van der Waals surface area contributed by atoms with Crippen molar-refractivity contribution in [3.05, 3.63) is 0 Å². The number of methoxy groups -OCH3 is 1. The van der Waals surface area contributed by atoms with Crippen LogP contribution < -0.4 is 5.73 Å². The van der Waals surface area contributed by atoms with Gasteiger partial charge >= 0.3 is 0 Å². The van der Waals surface area contributed by atoms with Gasteiger partial charge in [-0.05, 0) is 19.3 Å². The van der Waals surface area contributed by atoms with E-state index in [1.165, 1.54) is 0 Å². The molecule has 4 nitrogen and oxygen atoms in total. The maximum absolute atomic E-state index is 5.67. The molecule has 0 aromatic heterocycles. The molecule has 0 aliphatic heterocycles. The van der Waals surface area contributed by atoms with E-state index in [9.17, 15) is 0 Å². The average molecular weight is 216 g/mol. The topological polar surface area (TPSA) is 56.8 Å². The number of nitrogens with zero attached hydrogens (tertiary/aromatic N) is 1. The van der Waals surface area contributed by atoms with E-state index in [-0.39, 0.29) is 0 Å². The molecule has 0 amide bonds. The van der Waals surface area contributed by atoms with Crippen LogP contribution in [0.5, 0.6) is 0 Å². The maximum atomic E-state index is 5.67. The summed E-state index contributed by atoms with van der Waals surface area (Å²) in [5.41, 5.74) is 5.67. The molecule has 0 aliphatic rings. The van der Waals surface area contributed by atoms with Gasteiger partial charge in [-0.25, -0.2) is 0 Å². The van der Waals surface area contributed by atoms with E-state index in [0.29, 0.717) is 13.2 Å². The molecule has 0 aromatic rings. The number of hydrogen-bond acceptors (Lipinski definition) is 3. The summed E-state index contributed by atoms with van der Waals surface area (Å²) >= 11 is 0. The van der Waals surface area contributed by atoms with Gasteiger partial charge in [0.1, 0.15) is 0 Å². The quantitative estimate of drug-likeness (QED) is 0.343. The fourth-order valence-electron chi connectivity index (χ4n) is 1.12. The van der Waals surface area contributed by atoms with Crippen molar-refractivity contribution in [2.45, 2.75) is 32.6 Å². The van der Waals surface area contributed by atoms with Crippen LogP contribution in [0.15, 0.2) is 4.99 Å². The lowest BCUT2D eigenvalue weighted by molar-refractivity contribution is 0.0690. The van der Waals surface area contributed by atoms with Gasteiger partial charge in [0.15, 0.2) is 0 Å². The summed E-state index contributed by atoms with van der Waals surface area (Å²) in [4.78, 5) is 4.26. The molecule has 0 unspecified atom stereocenters. The Labute approximate surface area is 92.9 Å². The molecule has 0 fully saturated rings. The first-order valence-electron chi connectivity index (χ1n) is 5.66. The molecule has 0 bridgehead atoms. The molecular weight excluding hydrogens is 192 g/mol. The van der Waals surface area contributed by atoms with Crippen LogP contribution in [0.2, 0.25) is 0 Å². The summed E-state index contributed by atoms with van der Waals surface area (Å²) in [6.45, 7) is 5.05. The van der Waals surface area contributed by atoms with Crippen LogP contribution in [-0.2, 0) is 9.47 Å². The molecule has 0 saturated carbocycles.